The smallest absolute Gasteiger partial charge is 0.136 e. The molecule has 0 radical (unpaired) electrons. The van der Waals surface area contributed by atoms with Crippen molar-refractivity contribution in [2.75, 3.05) is 13.7 Å². The largest absolute Gasteiger partial charge is 0.497 e. The van der Waals surface area contributed by atoms with E-state index in [0.717, 1.165) is 22.4 Å². The lowest BCUT2D eigenvalue weighted by Crippen LogP contribution is -2.35. The van der Waals surface area contributed by atoms with Crippen molar-refractivity contribution in [3.05, 3.63) is 22.2 Å². The first-order valence-electron chi connectivity index (χ1n) is 5.36. The van der Waals surface area contributed by atoms with E-state index in [1.54, 1.807) is 7.11 Å². The van der Waals surface area contributed by atoms with Gasteiger partial charge in [0, 0.05) is 12.0 Å². The highest BCUT2D eigenvalue weighted by atomic mass is 79.9. The van der Waals surface area contributed by atoms with Crippen LogP contribution in [-0.2, 0) is 6.42 Å². The van der Waals surface area contributed by atoms with Crippen LogP contribution in [0.2, 0.25) is 0 Å². The van der Waals surface area contributed by atoms with Crippen LogP contribution in [0.5, 0.6) is 11.5 Å². The number of hydrogen-bond acceptors (Lipinski definition) is 3. The first-order chi connectivity index (χ1) is 7.61. The summed E-state index contributed by atoms with van der Waals surface area (Å²) in [7, 11) is 1.67. The van der Waals surface area contributed by atoms with E-state index < -0.39 is 0 Å². The number of fused-ring (bicyclic) bond motifs is 1. The number of ether oxygens (including phenoxy) is 2. The Balaban J connectivity index is 2.33. The molecule has 0 saturated carbocycles. The van der Waals surface area contributed by atoms with Gasteiger partial charge in [-0.15, -0.1) is 0 Å². The van der Waals surface area contributed by atoms with Crippen LogP contribution in [0, 0.1) is 5.92 Å². The second kappa shape index (κ2) is 4.63. The summed E-state index contributed by atoms with van der Waals surface area (Å²) in [5.74, 6) is 2.16. The average molecular weight is 286 g/mol. The van der Waals surface area contributed by atoms with Crippen LogP contribution in [-0.4, -0.2) is 19.8 Å². The molecule has 3 nitrogen and oxygen atoms in total. The molecule has 4 heteroatoms. The summed E-state index contributed by atoms with van der Waals surface area (Å²) in [5, 5.41) is 0. The summed E-state index contributed by atoms with van der Waals surface area (Å²) in [5.41, 5.74) is 7.08. The van der Waals surface area contributed by atoms with Crippen molar-refractivity contribution in [3.8, 4) is 11.5 Å². The van der Waals surface area contributed by atoms with E-state index in [1.165, 1.54) is 5.56 Å². The molecule has 1 aliphatic rings. The Morgan fingerprint density at radius 2 is 2.31 bits per heavy atom. The molecule has 2 atom stereocenters. The molecule has 0 aliphatic carbocycles. The highest BCUT2D eigenvalue weighted by Gasteiger charge is 2.24. The number of hydrogen-bond donors (Lipinski definition) is 1. The molecule has 0 bridgehead atoms. The highest BCUT2D eigenvalue weighted by Crippen LogP contribution is 2.38. The van der Waals surface area contributed by atoms with Gasteiger partial charge < -0.3 is 15.2 Å². The van der Waals surface area contributed by atoms with Crippen molar-refractivity contribution in [2.24, 2.45) is 11.7 Å². The molecule has 2 rings (SSSR count). The molecule has 88 valence electrons. The fourth-order valence-corrected chi connectivity index (χ4v) is 2.52. The summed E-state index contributed by atoms with van der Waals surface area (Å²) in [6, 6.07) is 4.10. The lowest BCUT2D eigenvalue weighted by molar-refractivity contribution is 0.202. The van der Waals surface area contributed by atoms with Crippen LogP contribution in [0.3, 0.4) is 0 Å². The number of rotatable bonds is 2. The lowest BCUT2D eigenvalue weighted by atomic mass is 9.92. The van der Waals surface area contributed by atoms with Crippen molar-refractivity contribution in [3.63, 3.8) is 0 Å². The molecule has 0 aromatic heterocycles. The molecule has 2 N–H and O–H groups in total. The first kappa shape index (κ1) is 11.7. The highest BCUT2D eigenvalue weighted by molar-refractivity contribution is 9.10. The lowest BCUT2D eigenvalue weighted by Gasteiger charge is -2.28. The van der Waals surface area contributed by atoms with E-state index in [-0.39, 0.29) is 6.04 Å². The normalized spacial score (nSPS) is 20.9. The van der Waals surface area contributed by atoms with Gasteiger partial charge in [-0.3, -0.25) is 0 Å². The fourth-order valence-electron chi connectivity index (χ4n) is 1.92. The summed E-state index contributed by atoms with van der Waals surface area (Å²) in [6.45, 7) is 2.71. The van der Waals surface area contributed by atoms with Crippen LogP contribution >= 0.6 is 15.9 Å². The number of benzene rings is 1. The van der Waals surface area contributed by atoms with E-state index in [2.05, 4.69) is 15.9 Å². The van der Waals surface area contributed by atoms with Gasteiger partial charge in [-0.25, -0.2) is 0 Å². The van der Waals surface area contributed by atoms with E-state index in [9.17, 15) is 0 Å². The molecule has 1 aromatic carbocycles. The topological polar surface area (TPSA) is 44.5 Å². The number of nitrogens with two attached hydrogens (primary N) is 1. The molecular weight excluding hydrogens is 270 g/mol. The van der Waals surface area contributed by atoms with Crippen LogP contribution < -0.4 is 15.2 Å². The average Bonchev–Trinajstić information content (AvgIpc) is 2.28. The van der Waals surface area contributed by atoms with Crippen molar-refractivity contribution in [1.29, 1.82) is 0 Å². The SMILES string of the molecule is COc1cc(Br)c2c(c1)CC([C@H](C)N)CO2. The monoisotopic (exact) mass is 285 g/mol. The third-order valence-electron chi connectivity index (χ3n) is 3.00. The first-order valence-corrected chi connectivity index (χ1v) is 6.16. The van der Waals surface area contributed by atoms with Gasteiger partial charge in [0.25, 0.3) is 0 Å². The van der Waals surface area contributed by atoms with Gasteiger partial charge in [-0.05, 0) is 47.0 Å². The Morgan fingerprint density at radius 3 is 2.94 bits per heavy atom. The van der Waals surface area contributed by atoms with Gasteiger partial charge in [-0.1, -0.05) is 0 Å². The second-order valence-corrected chi connectivity index (χ2v) is 5.09. The summed E-state index contributed by atoms with van der Waals surface area (Å²) >= 11 is 3.49. The molecule has 1 aromatic rings. The van der Waals surface area contributed by atoms with Gasteiger partial charge in [0.2, 0.25) is 0 Å². The minimum Gasteiger partial charge on any atom is -0.497 e. The predicted molar refractivity (Wildman–Crippen MR) is 67.0 cm³/mol. The Hall–Kier alpha value is -0.740. The maximum atomic E-state index is 5.91. The van der Waals surface area contributed by atoms with Gasteiger partial charge >= 0.3 is 0 Å². The molecule has 0 fully saturated rings. The van der Waals surface area contributed by atoms with E-state index in [4.69, 9.17) is 15.2 Å². The van der Waals surface area contributed by atoms with Gasteiger partial charge in [-0.2, -0.15) is 0 Å². The standard InChI is InChI=1S/C12H16BrNO2/c1-7(14)9-3-8-4-10(15-2)5-11(13)12(8)16-6-9/h4-5,7,9H,3,6,14H2,1-2H3/t7-,9?/m0/s1. The second-order valence-electron chi connectivity index (χ2n) is 4.23. The summed E-state index contributed by atoms with van der Waals surface area (Å²) < 4.78 is 11.9. The Morgan fingerprint density at radius 1 is 1.56 bits per heavy atom. The molecular formula is C12H16BrNO2. The minimum atomic E-state index is 0.151. The van der Waals surface area contributed by atoms with Crippen LogP contribution in [0.15, 0.2) is 16.6 Å². The zero-order valence-electron chi connectivity index (χ0n) is 9.50. The molecule has 1 aliphatic heterocycles. The molecule has 16 heavy (non-hydrogen) atoms. The van der Waals surface area contributed by atoms with Crippen LogP contribution in [0.25, 0.3) is 0 Å². The van der Waals surface area contributed by atoms with E-state index in [0.29, 0.717) is 12.5 Å². The molecule has 0 amide bonds. The quantitative estimate of drug-likeness (QED) is 0.907. The zero-order valence-corrected chi connectivity index (χ0v) is 11.1. The minimum absolute atomic E-state index is 0.151. The van der Waals surface area contributed by atoms with Crippen LogP contribution in [0.1, 0.15) is 12.5 Å². The van der Waals surface area contributed by atoms with Crippen molar-refractivity contribution < 1.29 is 9.47 Å². The third-order valence-corrected chi connectivity index (χ3v) is 3.59. The molecule has 1 unspecified atom stereocenters. The molecule has 0 spiro atoms. The Bertz CT molecular complexity index is 393. The van der Waals surface area contributed by atoms with Crippen LogP contribution in [0.4, 0.5) is 0 Å². The maximum absolute atomic E-state index is 5.91. The summed E-state index contributed by atoms with van der Waals surface area (Å²) in [6.07, 6.45) is 0.947. The zero-order chi connectivity index (χ0) is 11.7. The fraction of sp³-hybridized carbons (Fsp3) is 0.500. The van der Waals surface area contributed by atoms with Crippen molar-refractivity contribution in [1.82, 2.24) is 0 Å². The Labute approximate surface area is 104 Å². The number of methoxy groups -OCH3 is 1. The third kappa shape index (κ3) is 2.18. The maximum Gasteiger partial charge on any atom is 0.136 e. The van der Waals surface area contributed by atoms with Crippen molar-refractivity contribution >= 4 is 15.9 Å². The Kier molecular flexibility index (Phi) is 3.40. The predicted octanol–water partition coefficient (Wildman–Crippen LogP) is 2.36. The molecule has 1 heterocycles. The summed E-state index contributed by atoms with van der Waals surface area (Å²) in [4.78, 5) is 0. The number of halogens is 1. The van der Waals surface area contributed by atoms with Gasteiger partial charge in [0.1, 0.15) is 11.5 Å². The van der Waals surface area contributed by atoms with E-state index in [1.807, 2.05) is 19.1 Å². The van der Waals surface area contributed by atoms with E-state index >= 15 is 0 Å². The van der Waals surface area contributed by atoms with Gasteiger partial charge in [0.15, 0.2) is 0 Å². The van der Waals surface area contributed by atoms with Crippen molar-refractivity contribution in [2.45, 2.75) is 19.4 Å². The van der Waals surface area contributed by atoms with Gasteiger partial charge in [0.05, 0.1) is 18.2 Å². The molecule has 0 saturated heterocycles.